The first-order chi connectivity index (χ1) is 16.6. The first-order valence-electron chi connectivity index (χ1n) is 11.4. The molecule has 1 unspecified atom stereocenters. The Morgan fingerprint density at radius 1 is 1.17 bits per heavy atom. The molecule has 7 nitrogen and oxygen atoms in total. The monoisotopic (exact) mass is 486 g/mol. The van der Waals surface area contributed by atoms with Crippen LogP contribution >= 0.6 is 0 Å². The van der Waals surface area contributed by atoms with Gasteiger partial charge in [-0.25, -0.2) is 0 Å². The number of hydrogen-bond acceptors (Lipinski definition) is 5. The Bertz CT molecular complexity index is 1260. The number of aryl methyl sites for hydroxylation is 1. The molecule has 1 atom stereocenters. The van der Waals surface area contributed by atoms with E-state index in [1.165, 1.54) is 19.2 Å². The Labute approximate surface area is 201 Å². The molecule has 0 amide bonds. The summed E-state index contributed by atoms with van der Waals surface area (Å²) >= 11 is 0. The second kappa shape index (κ2) is 9.93. The van der Waals surface area contributed by atoms with Crippen LogP contribution in [0.2, 0.25) is 0 Å². The quantitative estimate of drug-likeness (QED) is 0.451. The van der Waals surface area contributed by atoms with E-state index in [1.807, 2.05) is 12.1 Å². The number of benzene rings is 2. The van der Waals surface area contributed by atoms with E-state index in [1.54, 1.807) is 12.1 Å². The molecular weight excluding hydrogens is 458 g/mol. The van der Waals surface area contributed by atoms with Crippen LogP contribution in [0.25, 0.3) is 0 Å². The molecule has 186 valence electrons. The van der Waals surface area contributed by atoms with Crippen molar-refractivity contribution in [2.75, 3.05) is 7.11 Å². The lowest BCUT2D eigenvalue weighted by molar-refractivity contribution is -0.140. The van der Waals surface area contributed by atoms with Crippen LogP contribution in [0, 0.1) is 0 Å². The Kier molecular flexibility index (Phi) is 6.95. The summed E-state index contributed by atoms with van der Waals surface area (Å²) in [5.74, 6) is -0.462. The Morgan fingerprint density at radius 2 is 1.97 bits per heavy atom. The molecule has 35 heavy (non-hydrogen) atoms. The smallest absolute Gasteiger partial charge is 0.387 e. The van der Waals surface area contributed by atoms with Crippen molar-refractivity contribution in [3.05, 3.63) is 80.8 Å². The molecule has 1 aromatic heterocycles. The third-order valence-electron chi connectivity index (χ3n) is 6.22. The van der Waals surface area contributed by atoms with Gasteiger partial charge in [0.2, 0.25) is 0 Å². The molecule has 2 heterocycles. The third-order valence-corrected chi connectivity index (χ3v) is 6.22. The van der Waals surface area contributed by atoms with Crippen molar-refractivity contribution in [1.82, 2.24) is 10.2 Å². The van der Waals surface area contributed by atoms with Crippen LogP contribution in [0.3, 0.4) is 0 Å². The van der Waals surface area contributed by atoms with Gasteiger partial charge in [-0.1, -0.05) is 24.3 Å². The van der Waals surface area contributed by atoms with E-state index in [4.69, 9.17) is 9.47 Å². The van der Waals surface area contributed by atoms with Crippen molar-refractivity contribution in [2.45, 2.75) is 57.7 Å². The van der Waals surface area contributed by atoms with Crippen molar-refractivity contribution < 1.29 is 27.8 Å². The minimum Gasteiger partial charge on any atom is -0.488 e. The summed E-state index contributed by atoms with van der Waals surface area (Å²) in [6.07, 6.45) is 2.04. The van der Waals surface area contributed by atoms with Crippen LogP contribution in [0.5, 0.6) is 11.5 Å². The minimum atomic E-state index is -2.99. The highest BCUT2D eigenvalue weighted by Crippen LogP contribution is 2.35. The second-order valence-electron chi connectivity index (χ2n) is 9.24. The van der Waals surface area contributed by atoms with E-state index < -0.39 is 24.1 Å². The predicted octanol–water partition coefficient (Wildman–Crippen LogP) is 4.69. The number of rotatable bonds is 8. The number of alkyl halides is 2. The van der Waals surface area contributed by atoms with E-state index in [2.05, 4.69) is 34.8 Å². The maximum absolute atomic E-state index is 12.9. The molecule has 0 aliphatic carbocycles. The Morgan fingerprint density at radius 3 is 2.71 bits per heavy atom. The van der Waals surface area contributed by atoms with Crippen LogP contribution < -0.4 is 15.0 Å². The summed E-state index contributed by atoms with van der Waals surface area (Å²) in [5, 5.41) is 5.54. The number of aromatic nitrogens is 2. The fraction of sp³-hybridized carbons (Fsp3) is 0.385. The molecule has 3 aromatic rings. The number of hydrogen-bond donors (Lipinski definition) is 2. The van der Waals surface area contributed by atoms with E-state index in [9.17, 15) is 18.4 Å². The van der Waals surface area contributed by atoms with Gasteiger partial charge in [0.15, 0.2) is 0 Å². The topological polar surface area (TPSA) is 93.4 Å². The second-order valence-corrected chi connectivity index (χ2v) is 9.24. The highest BCUT2D eigenvalue weighted by Gasteiger charge is 2.28. The van der Waals surface area contributed by atoms with Gasteiger partial charge in [-0.3, -0.25) is 14.7 Å². The first kappa shape index (κ1) is 24.5. The van der Waals surface area contributed by atoms with Gasteiger partial charge in [0.05, 0.1) is 13.5 Å². The average Bonchev–Trinajstić information content (AvgIpc) is 3.16. The van der Waals surface area contributed by atoms with Crippen molar-refractivity contribution in [1.29, 1.82) is 0 Å². The lowest BCUT2D eigenvalue weighted by atomic mass is 9.86. The van der Waals surface area contributed by atoms with Crippen LogP contribution in [-0.2, 0) is 22.4 Å². The van der Waals surface area contributed by atoms with Crippen LogP contribution in [0.4, 0.5) is 8.78 Å². The molecule has 0 saturated carbocycles. The van der Waals surface area contributed by atoms with Gasteiger partial charge in [-0.2, -0.15) is 8.78 Å². The largest absolute Gasteiger partial charge is 0.488 e. The number of carbonyl (C=O) groups is 1. The standard InChI is InChI=1S/C26H28F2N2O5/c1-26(2)10-9-17-11-15(7-8-21(17)35-26)12-20-23(24(32)30-29-20)19(14-22(31)33-3)16-5-4-6-18(13-16)34-25(27)28/h4-8,11,13,19,25H,9-10,12,14H2,1-3H3,(H2,29,30,32). The van der Waals surface area contributed by atoms with Gasteiger partial charge in [0, 0.05) is 23.6 Å². The number of fused-ring (bicyclic) bond motifs is 1. The van der Waals surface area contributed by atoms with Crippen molar-refractivity contribution in [3.63, 3.8) is 0 Å². The minimum absolute atomic E-state index is 0.0570. The maximum atomic E-state index is 12.9. The maximum Gasteiger partial charge on any atom is 0.387 e. The molecule has 9 heteroatoms. The van der Waals surface area contributed by atoms with Crippen molar-refractivity contribution in [2.24, 2.45) is 0 Å². The van der Waals surface area contributed by atoms with Crippen molar-refractivity contribution in [3.8, 4) is 11.5 Å². The number of aromatic amines is 2. The number of methoxy groups -OCH3 is 1. The zero-order valence-corrected chi connectivity index (χ0v) is 19.8. The highest BCUT2D eigenvalue weighted by molar-refractivity contribution is 5.71. The normalized spacial score (nSPS) is 15.3. The summed E-state index contributed by atoms with van der Waals surface area (Å²) in [7, 11) is 1.26. The Hall–Kier alpha value is -3.62. The molecule has 2 N–H and O–H groups in total. The Balaban J connectivity index is 1.69. The molecule has 0 radical (unpaired) electrons. The third kappa shape index (κ3) is 5.72. The van der Waals surface area contributed by atoms with E-state index in [0.717, 1.165) is 29.7 Å². The number of H-pyrrole nitrogens is 2. The van der Waals surface area contributed by atoms with Gasteiger partial charge in [0.25, 0.3) is 5.56 Å². The molecule has 1 aliphatic heterocycles. The summed E-state index contributed by atoms with van der Waals surface area (Å²) in [6.45, 7) is 1.13. The van der Waals surface area contributed by atoms with Crippen LogP contribution in [-0.4, -0.2) is 35.5 Å². The lowest BCUT2D eigenvalue weighted by Gasteiger charge is -2.32. The molecule has 1 aliphatic rings. The SMILES string of the molecule is COC(=O)CC(c1cccc(OC(F)F)c1)c1c(Cc2ccc3c(c2)CCC(C)(C)O3)[nH][nH]c1=O. The van der Waals surface area contributed by atoms with E-state index in [-0.39, 0.29) is 17.8 Å². The molecule has 0 fully saturated rings. The van der Waals surface area contributed by atoms with Gasteiger partial charge < -0.3 is 19.3 Å². The summed E-state index contributed by atoms with van der Waals surface area (Å²) < 4.78 is 40.9. The number of ether oxygens (including phenoxy) is 3. The number of esters is 1. The molecule has 0 bridgehead atoms. The van der Waals surface area contributed by atoms with Crippen LogP contribution in [0.1, 0.15) is 60.6 Å². The first-order valence-corrected chi connectivity index (χ1v) is 11.4. The van der Waals surface area contributed by atoms with Gasteiger partial charge in [-0.05, 0) is 61.6 Å². The summed E-state index contributed by atoms with van der Waals surface area (Å²) in [4.78, 5) is 25.1. The average molecular weight is 487 g/mol. The van der Waals surface area contributed by atoms with E-state index >= 15 is 0 Å². The van der Waals surface area contributed by atoms with Gasteiger partial charge in [0.1, 0.15) is 17.1 Å². The number of halogens is 2. The van der Waals surface area contributed by atoms with Gasteiger partial charge >= 0.3 is 12.6 Å². The molecule has 4 rings (SSSR count). The van der Waals surface area contributed by atoms with E-state index in [0.29, 0.717) is 23.2 Å². The lowest BCUT2D eigenvalue weighted by Crippen LogP contribution is -2.32. The summed E-state index contributed by atoms with van der Waals surface area (Å²) in [5.41, 5.74) is 2.90. The predicted molar refractivity (Wildman–Crippen MR) is 125 cm³/mol. The zero-order valence-electron chi connectivity index (χ0n) is 19.8. The van der Waals surface area contributed by atoms with Gasteiger partial charge in [-0.15, -0.1) is 0 Å². The molecule has 0 saturated heterocycles. The molecule has 0 spiro atoms. The zero-order chi connectivity index (χ0) is 25.2. The highest BCUT2D eigenvalue weighted by atomic mass is 19.3. The molecular formula is C26H28F2N2O5. The molecule has 2 aromatic carbocycles. The van der Waals surface area contributed by atoms with Crippen LogP contribution in [0.15, 0.2) is 47.3 Å². The fourth-order valence-electron chi connectivity index (χ4n) is 4.48. The summed E-state index contributed by atoms with van der Waals surface area (Å²) in [6, 6.07) is 12.0. The fourth-order valence-corrected chi connectivity index (χ4v) is 4.48. The van der Waals surface area contributed by atoms with Crippen molar-refractivity contribution >= 4 is 5.97 Å². The number of carbonyl (C=O) groups excluding carboxylic acids is 1. The number of nitrogens with one attached hydrogen (secondary N) is 2.